The predicted octanol–water partition coefficient (Wildman–Crippen LogP) is 1.52. The van der Waals surface area contributed by atoms with Crippen molar-refractivity contribution < 1.29 is 23.8 Å². The van der Waals surface area contributed by atoms with E-state index in [1.807, 2.05) is 26.0 Å². The second kappa shape index (κ2) is 9.26. The molecule has 1 amide bonds. The van der Waals surface area contributed by atoms with E-state index < -0.39 is 23.5 Å². The Morgan fingerprint density at radius 3 is 2.57 bits per heavy atom. The van der Waals surface area contributed by atoms with Crippen molar-refractivity contribution in [3.05, 3.63) is 75.6 Å². The Kier molecular flexibility index (Phi) is 6.51. The number of carboxylic acid groups (broad SMARTS) is 1. The van der Waals surface area contributed by atoms with Gasteiger partial charge in [0.05, 0.1) is 12.0 Å². The molecule has 0 fully saturated rings. The van der Waals surface area contributed by atoms with E-state index in [1.165, 1.54) is 6.07 Å². The Morgan fingerprint density at radius 2 is 1.90 bits per heavy atom. The van der Waals surface area contributed by atoms with Crippen molar-refractivity contribution in [1.82, 2.24) is 5.32 Å². The van der Waals surface area contributed by atoms with E-state index in [9.17, 15) is 19.5 Å². The van der Waals surface area contributed by atoms with Crippen LogP contribution in [0.15, 0.2) is 57.7 Å². The number of fused-ring (bicyclic) bond motifs is 1. The second-order valence-electron chi connectivity index (χ2n) is 6.98. The minimum Gasteiger partial charge on any atom is -0.548 e. The number of hydrogen-bond acceptors (Lipinski definition) is 6. The Balaban J connectivity index is 1.72. The molecule has 7 heteroatoms. The van der Waals surface area contributed by atoms with Gasteiger partial charge in [0.25, 0.3) is 5.91 Å². The molecule has 2 aromatic carbocycles. The van der Waals surface area contributed by atoms with E-state index in [4.69, 9.17) is 9.15 Å². The predicted molar refractivity (Wildman–Crippen MR) is 109 cm³/mol. The maximum Gasteiger partial charge on any atom is 0.336 e. The fourth-order valence-electron chi connectivity index (χ4n) is 3.22. The molecule has 0 aliphatic carbocycles. The van der Waals surface area contributed by atoms with Gasteiger partial charge in [-0.1, -0.05) is 37.3 Å². The zero-order chi connectivity index (χ0) is 21.7. The number of rotatable bonds is 8. The van der Waals surface area contributed by atoms with Crippen molar-refractivity contribution in [2.75, 3.05) is 6.61 Å². The fraction of sp³-hybridized carbons (Fsp3) is 0.261. The van der Waals surface area contributed by atoms with Gasteiger partial charge in [-0.15, -0.1) is 0 Å². The zero-order valence-corrected chi connectivity index (χ0v) is 16.8. The molecule has 0 radical (unpaired) electrons. The van der Waals surface area contributed by atoms with Crippen LogP contribution in [0, 0.1) is 6.92 Å². The van der Waals surface area contributed by atoms with Gasteiger partial charge in [-0.2, -0.15) is 0 Å². The minimum atomic E-state index is -1.37. The Labute approximate surface area is 173 Å². The number of nitrogens with one attached hydrogen (secondary N) is 1. The SMILES string of the molecule is CCc1cc2c(C)cc(=O)oc2cc1OCC(=O)N[C@@H](Cc1ccccc1)C(=O)[O-]. The molecule has 7 nitrogen and oxygen atoms in total. The number of carbonyl (C=O) groups is 2. The molecule has 1 heterocycles. The van der Waals surface area contributed by atoms with Gasteiger partial charge in [0.15, 0.2) is 6.61 Å². The maximum atomic E-state index is 12.3. The molecule has 0 saturated heterocycles. The van der Waals surface area contributed by atoms with Crippen LogP contribution >= 0.6 is 0 Å². The van der Waals surface area contributed by atoms with Crippen LogP contribution in [0.25, 0.3) is 11.0 Å². The lowest BCUT2D eigenvalue weighted by Gasteiger charge is -2.20. The number of aliphatic carboxylic acids is 1. The fourth-order valence-corrected chi connectivity index (χ4v) is 3.22. The molecule has 0 aliphatic rings. The number of hydrogen-bond donors (Lipinski definition) is 1. The molecular formula is C23H22NO6-. The van der Waals surface area contributed by atoms with Gasteiger partial charge in [-0.3, -0.25) is 4.79 Å². The average Bonchev–Trinajstić information content (AvgIpc) is 2.71. The lowest BCUT2D eigenvalue weighted by Crippen LogP contribution is -2.50. The molecule has 1 atom stereocenters. The maximum absolute atomic E-state index is 12.3. The normalized spacial score (nSPS) is 11.8. The van der Waals surface area contributed by atoms with Crippen LogP contribution in [-0.4, -0.2) is 24.5 Å². The molecule has 156 valence electrons. The number of carboxylic acids is 1. The van der Waals surface area contributed by atoms with E-state index in [-0.39, 0.29) is 13.0 Å². The van der Waals surface area contributed by atoms with Crippen LogP contribution in [-0.2, 0) is 22.4 Å². The molecule has 0 aliphatic heterocycles. The van der Waals surface area contributed by atoms with E-state index in [0.717, 1.165) is 22.1 Å². The molecule has 1 N–H and O–H groups in total. The zero-order valence-electron chi connectivity index (χ0n) is 16.8. The largest absolute Gasteiger partial charge is 0.548 e. The van der Waals surface area contributed by atoms with Crippen LogP contribution in [0.5, 0.6) is 5.75 Å². The summed E-state index contributed by atoms with van der Waals surface area (Å²) < 4.78 is 10.9. The van der Waals surface area contributed by atoms with E-state index in [0.29, 0.717) is 17.8 Å². The molecule has 30 heavy (non-hydrogen) atoms. The number of benzene rings is 2. The van der Waals surface area contributed by atoms with Crippen LogP contribution in [0.1, 0.15) is 23.6 Å². The van der Waals surface area contributed by atoms with Gasteiger partial charge in [-0.25, -0.2) is 4.79 Å². The topological polar surface area (TPSA) is 109 Å². The minimum absolute atomic E-state index is 0.107. The molecule has 3 rings (SSSR count). The molecule has 0 spiro atoms. The van der Waals surface area contributed by atoms with E-state index in [1.54, 1.807) is 30.3 Å². The smallest absolute Gasteiger partial charge is 0.336 e. The van der Waals surface area contributed by atoms with Crippen molar-refractivity contribution in [3.8, 4) is 5.75 Å². The molecule has 3 aromatic rings. The van der Waals surface area contributed by atoms with Crippen LogP contribution in [0.4, 0.5) is 0 Å². The van der Waals surface area contributed by atoms with E-state index in [2.05, 4.69) is 5.32 Å². The summed E-state index contributed by atoms with van der Waals surface area (Å²) in [6, 6.07) is 12.6. The number of aryl methyl sites for hydroxylation is 2. The summed E-state index contributed by atoms with van der Waals surface area (Å²) in [6.07, 6.45) is 0.747. The highest BCUT2D eigenvalue weighted by Crippen LogP contribution is 2.27. The monoisotopic (exact) mass is 408 g/mol. The lowest BCUT2D eigenvalue weighted by atomic mass is 10.1. The van der Waals surface area contributed by atoms with Gasteiger partial charge in [-0.05, 0) is 42.5 Å². The Morgan fingerprint density at radius 1 is 1.17 bits per heavy atom. The number of carbonyl (C=O) groups excluding carboxylic acids is 2. The average molecular weight is 408 g/mol. The highest BCUT2D eigenvalue weighted by atomic mass is 16.5. The summed E-state index contributed by atoms with van der Waals surface area (Å²) in [5, 5.41) is 14.6. The summed E-state index contributed by atoms with van der Waals surface area (Å²) in [5.41, 5.74) is 2.29. The highest BCUT2D eigenvalue weighted by molar-refractivity contribution is 5.85. The van der Waals surface area contributed by atoms with Gasteiger partial charge < -0.3 is 24.4 Å². The molecule has 0 saturated carbocycles. The van der Waals surface area contributed by atoms with Crippen molar-refractivity contribution in [2.24, 2.45) is 0 Å². The van der Waals surface area contributed by atoms with Crippen LogP contribution in [0.2, 0.25) is 0 Å². The Bertz CT molecular complexity index is 1120. The van der Waals surface area contributed by atoms with Crippen molar-refractivity contribution in [1.29, 1.82) is 0 Å². The molecule has 0 bridgehead atoms. The molecule has 0 unspecified atom stereocenters. The molecular weight excluding hydrogens is 386 g/mol. The third kappa shape index (κ3) is 5.05. The number of amides is 1. The third-order valence-corrected chi connectivity index (χ3v) is 4.77. The van der Waals surface area contributed by atoms with Gasteiger partial charge in [0, 0.05) is 17.5 Å². The quantitative estimate of drug-likeness (QED) is 0.566. The lowest BCUT2D eigenvalue weighted by molar-refractivity contribution is -0.308. The first-order chi connectivity index (χ1) is 14.4. The Hall–Kier alpha value is -3.61. The van der Waals surface area contributed by atoms with Crippen molar-refractivity contribution >= 4 is 22.8 Å². The first-order valence-corrected chi connectivity index (χ1v) is 9.61. The summed E-state index contributed by atoms with van der Waals surface area (Å²) in [7, 11) is 0. The first-order valence-electron chi connectivity index (χ1n) is 9.61. The number of ether oxygens (including phenoxy) is 1. The standard InChI is InChI=1S/C23H23NO6/c1-3-16-11-17-14(2)9-22(26)30-20(17)12-19(16)29-13-21(25)24-18(23(27)28)10-15-7-5-4-6-8-15/h4-9,11-12,18H,3,10,13H2,1-2H3,(H,24,25)(H,27,28)/p-1/t18-/m0/s1. The van der Waals surface area contributed by atoms with Crippen molar-refractivity contribution in [3.63, 3.8) is 0 Å². The molecule has 1 aromatic heterocycles. The third-order valence-electron chi connectivity index (χ3n) is 4.77. The van der Waals surface area contributed by atoms with E-state index >= 15 is 0 Å². The summed E-state index contributed by atoms with van der Waals surface area (Å²) in [4.78, 5) is 35.3. The summed E-state index contributed by atoms with van der Waals surface area (Å²) in [6.45, 7) is 3.38. The van der Waals surface area contributed by atoms with Gasteiger partial charge in [0.2, 0.25) is 0 Å². The van der Waals surface area contributed by atoms with Crippen molar-refractivity contribution in [2.45, 2.75) is 32.7 Å². The van der Waals surface area contributed by atoms with Crippen LogP contribution < -0.4 is 20.8 Å². The second-order valence-corrected chi connectivity index (χ2v) is 6.98. The summed E-state index contributed by atoms with van der Waals surface area (Å²) >= 11 is 0. The highest BCUT2D eigenvalue weighted by Gasteiger charge is 2.16. The van der Waals surface area contributed by atoms with Gasteiger partial charge in [0.1, 0.15) is 11.3 Å². The first kappa shape index (κ1) is 21.1. The van der Waals surface area contributed by atoms with Crippen LogP contribution in [0.3, 0.4) is 0 Å². The summed E-state index contributed by atoms with van der Waals surface area (Å²) in [5.74, 6) is -1.56. The van der Waals surface area contributed by atoms with Gasteiger partial charge >= 0.3 is 5.63 Å².